The highest BCUT2D eigenvalue weighted by molar-refractivity contribution is 7.89. The number of halogens is 3. The number of nitrogens with zero attached hydrogens (tertiary/aromatic N) is 4. The SMILES string of the molecule is CC(=O)N(CCCN1CCC(CN(C)S(=O)(=O)c2cccc3cnccc23)CC1)c1ccc(F)cc1.Cl.Cl. The average Bonchev–Trinajstić information content (AvgIpc) is 2.87. The van der Waals surface area contributed by atoms with Crippen molar-refractivity contribution < 1.29 is 17.6 Å². The summed E-state index contributed by atoms with van der Waals surface area (Å²) in [5.41, 5.74) is 0.703. The van der Waals surface area contributed by atoms with Crippen molar-refractivity contribution in [3.05, 3.63) is 66.7 Å². The third kappa shape index (κ3) is 7.64. The van der Waals surface area contributed by atoms with Crippen LogP contribution >= 0.6 is 24.8 Å². The topological polar surface area (TPSA) is 73.8 Å². The number of aromatic nitrogens is 1. The first kappa shape index (κ1) is 31.9. The second-order valence-corrected chi connectivity index (χ2v) is 11.4. The van der Waals surface area contributed by atoms with Gasteiger partial charge < -0.3 is 9.80 Å². The maximum absolute atomic E-state index is 13.3. The molecule has 0 saturated carbocycles. The summed E-state index contributed by atoms with van der Waals surface area (Å²) in [5.74, 6) is -0.0874. The van der Waals surface area contributed by atoms with Gasteiger partial charge in [-0.05, 0) is 81.2 Å². The van der Waals surface area contributed by atoms with Crippen LogP contribution in [-0.2, 0) is 14.8 Å². The van der Waals surface area contributed by atoms with E-state index in [-0.39, 0.29) is 36.5 Å². The third-order valence-electron chi connectivity index (χ3n) is 6.93. The highest BCUT2D eigenvalue weighted by atomic mass is 35.5. The fourth-order valence-corrected chi connectivity index (χ4v) is 6.34. The highest BCUT2D eigenvalue weighted by Gasteiger charge is 2.27. The van der Waals surface area contributed by atoms with E-state index in [0.29, 0.717) is 35.0 Å². The normalized spacial score (nSPS) is 14.6. The van der Waals surface area contributed by atoms with Gasteiger partial charge in [-0.2, -0.15) is 0 Å². The Morgan fingerprint density at radius 1 is 1.08 bits per heavy atom. The standard InChI is InChI=1S/C27H33FN4O3S.2ClH/c1-21(33)32(25-9-7-24(28)8-10-25)16-4-15-31-17-12-22(13-18-31)20-30(2)36(34,35)27-6-3-5-23-19-29-14-11-26(23)27;;/h3,5-11,14,19,22H,4,12-13,15-18,20H2,1-2H3;2*1H. The molecule has 208 valence electrons. The molecule has 1 aromatic heterocycles. The molecule has 2 aromatic carbocycles. The summed E-state index contributed by atoms with van der Waals surface area (Å²) in [6.07, 6.45) is 5.96. The number of hydrogen-bond acceptors (Lipinski definition) is 5. The first-order chi connectivity index (χ1) is 17.3. The fraction of sp³-hybridized carbons (Fsp3) is 0.407. The lowest BCUT2D eigenvalue weighted by atomic mass is 9.97. The molecule has 0 aliphatic carbocycles. The molecule has 1 aliphatic rings. The lowest BCUT2D eigenvalue weighted by molar-refractivity contribution is -0.116. The van der Waals surface area contributed by atoms with E-state index in [2.05, 4.69) is 9.88 Å². The molecule has 1 fully saturated rings. The Balaban J connectivity index is 0.00000253. The quantitative estimate of drug-likeness (QED) is 0.354. The number of hydrogen-bond donors (Lipinski definition) is 0. The van der Waals surface area contributed by atoms with Crippen LogP contribution in [0.5, 0.6) is 0 Å². The van der Waals surface area contributed by atoms with Crippen molar-refractivity contribution in [3.8, 4) is 0 Å². The van der Waals surface area contributed by atoms with E-state index in [4.69, 9.17) is 0 Å². The van der Waals surface area contributed by atoms with Crippen molar-refractivity contribution >= 4 is 57.2 Å². The average molecular weight is 586 g/mol. The van der Waals surface area contributed by atoms with Crippen LogP contribution in [0.15, 0.2) is 65.8 Å². The van der Waals surface area contributed by atoms with E-state index in [9.17, 15) is 17.6 Å². The summed E-state index contributed by atoms with van der Waals surface area (Å²) in [4.78, 5) is 20.5. The Hall–Kier alpha value is -2.30. The molecule has 2 heterocycles. The number of carbonyl (C=O) groups is 1. The maximum Gasteiger partial charge on any atom is 0.243 e. The van der Waals surface area contributed by atoms with Crippen LogP contribution in [0.4, 0.5) is 10.1 Å². The molecule has 11 heteroatoms. The maximum atomic E-state index is 13.3. The molecule has 1 saturated heterocycles. The van der Waals surface area contributed by atoms with Gasteiger partial charge in [-0.1, -0.05) is 12.1 Å². The van der Waals surface area contributed by atoms with Gasteiger partial charge in [0.1, 0.15) is 5.82 Å². The number of amides is 1. The van der Waals surface area contributed by atoms with Gasteiger partial charge in [-0.15, -0.1) is 24.8 Å². The minimum absolute atomic E-state index is 0. The molecular weight excluding hydrogens is 550 g/mol. The fourth-order valence-electron chi connectivity index (χ4n) is 4.88. The molecule has 0 N–H and O–H groups in total. The smallest absolute Gasteiger partial charge is 0.243 e. The minimum atomic E-state index is -3.61. The van der Waals surface area contributed by atoms with Crippen molar-refractivity contribution in [1.29, 1.82) is 0 Å². The Bertz CT molecular complexity index is 1300. The number of carbonyl (C=O) groups excluding carboxylic acids is 1. The van der Waals surface area contributed by atoms with Crippen molar-refractivity contribution in [1.82, 2.24) is 14.2 Å². The van der Waals surface area contributed by atoms with Gasteiger partial charge in [0.25, 0.3) is 0 Å². The second kappa shape index (κ2) is 14.2. The number of rotatable bonds is 9. The van der Waals surface area contributed by atoms with Crippen LogP contribution in [0.2, 0.25) is 0 Å². The summed E-state index contributed by atoms with van der Waals surface area (Å²) in [6.45, 7) is 5.23. The van der Waals surface area contributed by atoms with Crippen molar-refractivity contribution in [2.45, 2.75) is 31.1 Å². The molecule has 38 heavy (non-hydrogen) atoms. The van der Waals surface area contributed by atoms with Gasteiger partial charge in [-0.25, -0.2) is 17.1 Å². The highest BCUT2D eigenvalue weighted by Crippen LogP contribution is 2.27. The molecule has 7 nitrogen and oxygen atoms in total. The summed E-state index contributed by atoms with van der Waals surface area (Å²) in [7, 11) is -1.95. The summed E-state index contributed by atoms with van der Waals surface area (Å²) in [5, 5.41) is 1.50. The van der Waals surface area contributed by atoms with Crippen LogP contribution in [0.1, 0.15) is 26.2 Å². The van der Waals surface area contributed by atoms with Gasteiger partial charge in [0.05, 0.1) is 4.90 Å². The zero-order valence-electron chi connectivity index (χ0n) is 21.6. The molecule has 0 bridgehead atoms. The third-order valence-corrected chi connectivity index (χ3v) is 8.81. The molecular formula is C27H35Cl2FN4O3S. The first-order valence-corrected chi connectivity index (χ1v) is 13.7. The Morgan fingerprint density at radius 3 is 2.42 bits per heavy atom. The summed E-state index contributed by atoms with van der Waals surface area (Å²) < 4.78 is 41.3. The molecule has 0 atom stereocenters. The lowest BCUT2D eigenvalue weighted by Gasteiger charge is -2.34. The van der Waals surface area contributed by atoms with Gasteiger partial charge in [-0.3, -0.25) is 9.78 Å². The predicted molar refractivity (Wildman–Crippen MR) is 154 cm³/mol. The molecule has 4 rings (SSSR count). The van der Waals surface area contributed by atoms with Gasteiger partial charge >= 0.3 is 0 Å². The van der Waals surface area contributed by atoms with E-state index in [1.54, 1.807) is 54.7 Å². The number of fused-ring (bicyclic) bond motifs is 1. The minimum Gasteiger partial charge on any atom is -0.313 e. The van der Waals surface area contributed by atoms with E-state index >= 15 is 0 Å². The number of benzene rings is 2. The molecule has 1 amide bonds. The molecule has 0 unspecified atom stereocenters. The molecule has 3 aromatic rings. The van der Waals surface area contributed by atoms with Crippen LogP contribution in [0.25, 0.3) is 10.8 Å². The summed E-state index contributed by atoms with van der Waals surface area (Å²) >= 11 is 0. The number of sulfonamides is 1. The Labute approximate surface area is 236 Å². The number of likely N-dealkylation sites (tertiary alicyclic amines) is 1. The number of pyridine rings is 1. The number of anilines is 1. The van der Waals surface area contributed by atoms with Crippen LogP contribution < -0.4 is 4.90 Å². The largest absolute Gasteiger partial charge is 0.313 e. The van der Waals surface area contributed by atoms with Gasteiger partial charge in [0.2, 0.25) is 15.9 Å². The van der Waals surface area contributed by atoms with Gasteiger partial charge in [0.15, 0.2) is 0 Å². The van der Waals surface area contributed by atoms with Crippen molar-refractivity contribution in [3.63, 3.8) is 0 Å². The van der Waals surface area contributed by atoms with Crippen LogP contribution in [0, 0.1) is 11.7 Å². The molecule has 1 aliphatic heterocycles. The monoisotopic (exact) mass is 584 g/mol. The van der Waals surface area contributed by atoms with E-state index < -0.39 is 10.0 Å². The van der Waals surface area contributed by atoms with Crippen molar-refractivity contribution in [2.75, 3.05) is 44.7 Å². The second-order valence-electron chi connectivity index (χ2n) is 9.42. The first-order valence-electron chi connectivity index (χ1n) is 12.3. The lowest BCUT2D eigenvalue weighted by Crippen LogP contribution is -2.40. The van der Waals surface area contributed by atoms with Crippen LogP contribution in [-0.4, -0.2) is 68.3 Å². The Morgan fingerprint density at radius 2 is 1.76 bits per heavy atom. The molecule has 0 radical (unpaired) electrons. The van der Waals surface area contributed by atoms with Crippen LogP contribution in [0.3, 0.4) is 0 Å². The van der Waals surface area contributed by atoms with E-state index in [0.717, 1.165) is 44.3 Å². The van der Waals surface area contributed by atoms with Gasteiger partial charge in [0, 0.05) is 55.9 Å². The Kier molecular flexibility index (Phi) is 11.9. The zero-order valence-corrected chi connectivity index (χ0v) is 24.1. The van der Waals surface area contributed by atoms with Crippen molar-refractivity contribution in [2.24, 2.45) is 5.92 Å². The summed E-state index contributed by atoms with van der Waals surface area (Å²) in [6, 6.07) is 13.0. The van der Waals surface area contributed by atoms with E-state index in [1.165, 1.54) is 23.4 Å². The molecule has 0 spiro atoms. The zero-order chi connectivity index (χ0) is 25.7. The predicted octanol–water partition coefficient (Wildman–Crippen LogP) is 4.99. The van der Waals surface area contributed by atoms with E-state index in [1.807, 2.05) is 6.07 Å². The number of piperidine rings is 1.